The second kappa shape index (κ2) is 5.67. The molecule has 1 aromatic carbocycles. The van der Waals surface area contributed by atoms with Crippen LogP contribution in [0.25, 0.3) is 0 Å². The Morgan fingerprint density at radius 1 is 1.37 bits per heavy atom. The average molecular weight is 261 g/mol. The predicted molar refractivity (Wildman–Crippen MR) is 72.1 cm³/mol. The number of benzene rings is 1. The molecule has 0 saturated carbocycles. The van der Waals surface area contributed by atoms with Crippen molar-refractivity contribution in [3.05, 3.63) is 54.1 Å². The topological polar surface area (TPSA) is 60.0 Å². The standard InChI is InChI=1S/C14H16FN3O/c1-10(16)11-6-7-18(8-11)9-14(19)17-13-4-2-12(15)3-5-13/h2-8,10H,9,16H2,1H3,(H,17,19). The predicted octanol–water partition coefficient (Wildman–Crippen LogP) is 2.29. The number of carbonyl (C=O) groups is 1. The minimum atomic E-state index is -0.329. The van der Waals surface area contributed by atoms with Gasteiger partial charge in [0.05, 0.1) is 0 Å². The van der Waals surface area contributed by atoms with Gasteiger partial charge in [-0.05, 0) is 42.8 Å². The number of nitrogens with two attached hydrogens (primary N) is 1. The number of anilines is 1. The van der Waals surface area contributed by atoms with Crippen LogP contribution in [0.2, 0.25) is 0 Å². The lowest BCUT2D eigenvalue weighted by molar-refractivity contribution is -0.116. The van der Waals surface area contributed by atoms with Crippen LogP contribution in [0.15, 0.2) is 42.7 Å². The first-order chi connectivity index (χ1) is 9.04. The van der Waals surface area contributed by atoms with Crippen LogP contribution in [-0.4, -0.2) is 10.5 Å². The van der Waals surface area contributed by atoms with E-state index >= 15 is 0 Å². The van der Waals surface area contributed by atoms with Crippen molar-refractivity contribution in [1.82, 2.24) is 4.57 Å². The Labute approximate surface area is 111 Å². The molecule has 2 aromatic rings. The molecule has 0 aliphatic rings. The van der Waals surface area contributed by atoms with E-state index in [-0.39, 0.29) is 24.3 Å². The van der Waals surface area contributed by atoms with Crippen molar-refractivity contribution >= 4 is 11.6 Å². The fourth-order valence-electron chi connectivity index (χ4n) is 1.73. The highest BCUT2D eigenvalue weighted by molar-refractivity contribution is 5.90. The molecule has 1 heterocycles. The summed E-state index contributed by atoms with van der Waals surface area (Å²) >= 11 is 0. The van der Waals surface area contributed by atoms with E-state index in [9.17, 15) is 9.18 Å². The fourth-order valence-corrected chi connectivity index (χ4v) is 1.73. The van der Waals surface area contributed by atoms with Crippen molar-refractivity contribution in [1.29, 1.82) is 0 Å². The summed E-state index contributed by atoms with van der Waals surface area (Å²) in [4.78, 5) is 11.8. The molecule has 19 heavy (non-hydrogen) atoms. The molecule has 1 atom stereocenters. The van der Waals surface area contributed by atoms with Gasteiger partial charge in [0.15, 0.2) is 0 Å². The van der Waals surface area contributed by atoms with Gasteiger partial charge in [-0.25, -0.2) is 4.39 Å². The second-order valence-corrected chi connectivity index (χ2v) is 4.46. The molecule has 3 N–H and O–H groups in total. The summed E-state index contributed by atoms with van der Waals surface area (Å²) < 4.78 is 14.5. The van der Waals surface area contributed by atoms with Crippen LogP contribution >= 0.6 is 0 Å². The van der Waals surface area contributed by atoms with E-state index in [1.54, 1.807) is 4.57 Å². The number of hydrogen-bond acceptors (Lipinski definition) is 2. The number of rotatable bonds is 4. The second-order valence-electron chi connectivity index (χ2n) is 4.46. The summed E-state index contributed by atoms with van der Waals surface area (Å²) in [5, 5.41) is 2.70. The molecule has 100 valence electrons. The molecule has 4 nitrogen and oxygen atoms in total. The first-order valence-corrected chi connectivity index (χ1v) is 6.01. The van der Waals surface area contributed by atoms with Crippen molar-refractivity contribution in [2.24, 2.45) is 5.73 Å². The van der Waals surface area contributed by atoms with Crippen molar-refractivity contribution in [3.8, 4) is 0 Å². The quantitative estimate of drug-likeness (QED) is 0.887. The van der Waals surface area contributed by atoms with Gasteiger partial charge in [0.1, 0.15) is 12.4 Å². The smallest absolute Gasteiger partial charge is 0.244 e. The SMILES string of the molecule is CC(N)c1ccn(CC(=O)Nc2ccc(F)cc2)c1. The Kier molecular flexibility index (Phi) is 3.97. The molecule has 0 radical (unpaired) electrons. The Hall–Kier alpha value is -2.14. The van der Waals surface area contributed by atoms with Gasteiger partial charge in [-0.15, -0.1) is 0 Å². The Bertz CT molecular complexity index is 560. The van der Waals surface area contributed by atoms with E-state index in [1.165, 1.54) is 24.3 Å². The summed E-state index contributed by atoms with van der Waals surface area (Å²) in [6.45, 7) is 2.09. The van der Waals surface area contributed by atoms with Crippen molar-refractivity contribution in [3.63, 3.8) is 0 Å². The van der Waals surface area contributed by atoms with Gasteiger partial charge in [0, 0.05) is 24.1 Å². The highest BCUT2D eigenvalue weighted by Gasteiger charge is 2.06. The van der Waals surface area contributed by atoms with Crippen LogP contribution < -0.4 is 11.1 Å². The zero-order valence-corrected chi connectivity index (χ0v) is 10.6. The van der Waals surface area contributed by atoms with E-state index in [2.05, 4.69) is 5.32 Å². The lowest BCUT2D eigenvalue weighted by Crippen LogP contribution is -2.17. The molecule has 0 fully saturated rings. The van der Waals surface area contributed by atoms with Crippen LogP contribution in [0, 0.1) is 5.82 Å². The van der Waals surface area contributed by atoms with Crippen molar-refractivity contribution in [2.45, 2.75) is 19.5 Å². The molecule has 2 rings (SSSR count). The first kappa shape index (κ1) is 13.3. The largest absolute Gasteiger partial charge is 0.345 e. The van der Waals surface area contributed by atoms with E-state index in [0.717, 1.165) is 5.56 Å². The number of nitrogens with one attached hydrogen (secondary N) is 1. The van der Waals surface area contributed by atoms with Gasteiger partial charge in [-0.2, -0.15) is 0 Å². The van der Waals surface area contributed by atoms with Gasteiger partial charge < -0.3 is 15.6 Å². The molecular formula is C14H16FN3O. The molecule has 0 spiro atoms. The third kappa shape index (κ3) is 3.66. The fraction of sp³-hybridized carbons (Fsp3) is 0.214. The maximum absolute atomic E-state index is 12.7. The van der Waals surface area contributed by atoms with Crippen molar-refractivity contribution < 1.29 is 9.18 Å². The summed E-state index contributed by atoms with van der Waals surface area (Å²) in [7, 11) is 0. The molecule has 0 aliphatic heterocycles. The molecule has 1 amide bonds. The number of carbonyl (C=O) groups excluding carboxylic acids is 1. The van der Waals surface area contributed by atoms with Crippen LogP contribution in [-0.2, 0) is 11.3 Å². The molecule has 1 aromatic heterocycles. The molecule has 0 aliphatic carbocycles. The van der Waals surface area contributed by atoms with Crippen molar-refractivity contribution in [2.75, 3.05) is 5.32 Å². The Balaban J connectivity index is 1.95. The molecule has 0 saturated heterocycles. The van der Waals surface area contributed by atoms with Gasteiger partial charge >= 0.3 is 0 Å². The minimum Gasteiger partial charge on any atom is -0.345 e. The molecule has 0 bridgehead atoms. The van der Waals surface area contributed by atoms with Crippen LogP contribution in [0.3, 0.4) is 0 Å². The van der Waals surface area contributed by atoms with Gasteiger partial charge in [-0.3, -0.25) is 4.79 Å². The van der Waals surface area contributed by atoms with E-state index in [4.69, 9.17) is 5.73 Å². The molecule has 1 unspecified atom stereocenters. The molecular weight excluding hydrogens is 245 g/mol. The van der Waals surface area contributed by atoms with Gasteiger partial charge in [0.2, 0.25) is 5.91 Å². The Morgan fingerprint density at radius 3 is 2.63 bits per heavy atom. The third-order valence-corrected chi connectivity index (χ3v) is 2.75. The van der Waals surface area contributed by atoms with Crippen LogP contribution in [0.5, 0.6) is 0 Å². The highest BCUT2D eigenvalue weighted by Crippen LogP contribution is 2.11. The minimum absolute atomic E-state index is 0.0543. The van der Waals surface area contributed by atoms with Gasteiger partial charge in [0.25, 0.3) is 0 Å². The van der Waals surface area contributed by atoms with Crippen LogP contribution in [0.4, 0.5) is 10.1 Å². The Morgan fingerprint density at radius 2 is 2.05 bits per heavy atom. The number of amides is 1. The molecule has 5 heteroatoms. The summed E-state index contributed by atoms with van der Waals surface area (Å²) in [5.74, 6) is -0.497. The summed E-state index contributed by atoms with van der Waals surface area (Å²) in [6.07, 6.45) is 3.65. The van der Waals surface area contributed by atoms with E-state index in [0.29, 0.717) is 5.69 Å². The normalized spacial score (nSPS) is 12.2. The average Bonchev–Trinajstić information content (AvgIpc) is 2.80. The summed E-state index contributed by atoms with van der Waals surface area (Å²) in [6, 6.07) is 7.49. The maximum atomic E-state index is 12.7. The maximum Gasteiger partial charge on any atom is 0.244 e. The first-order valence-electron chi connectivity index (χ1n) is 6.01. The third-order valence-electron chi connectivity index (χ3n) is 2.75. The zero-order valence-electron chi connectivity index (χ0n) is 10.6. The number of aromatic nitrogens is 1. The summed E-state index contributed by atoms with van der Waals surface area (Å²) in [5.41, 5.74) is 7.30. The van der Waals surface area contributed by atoms with Crippen LogP contribution in [0.1, 0.15) is 18.5 Å². The monoisotopic (exact) mass is 261 g/mol. The van der Waals surface area contributed by atoms with E-state index < -0.39 is 0 Å². The zero-order chi connectivity index (χ0) is 13.8. The number of hydrogen-bond donors (Lipinski definition) is 2. The lowest BCUT2D eigenvalue weighted by atomic mass is 10.2. The van der Waals surface area contributed by atoms with E-state index in [1.807, 2.05) is 25.4 Å². The number of halogens is 1. The number of nitrogens with zero attached hydrogens (tertiary/aromatic N) is 1. The highest BCUT2D eigenvalue weighted by atomic mass is 19.1. The van der Waals surface area contributed by atoms with Gasteiger partial charge in [-0.1, -0.05) is 0 Å². The lowest BCUT2D eigenvalue weighted by Gasteiger charge is -2.06.